The van der Waals surface area contributed by atoms with Gasteiger partial charge in [-0.1, -0.05) is 42.5 Å². The van der Waals surface area contributed by atoms with E-state index in [9.17, 15) is 19.7 Å². The summed E-state index contributed by atoms with van der Waals surface area (Å²) >= 11 is 0. The van der Waals surface area contributed by atoms with E-state index in [1.54, 1.807) is 31.2 Å². The first-order chi connectivity index (χ1) is 17.0. The van der Waals surface area contributed by atoms with Crippen molar-refractivity contribution in [1.29, 1.82) is 0 Å². The molecule has 0 atom stereocenters. The van der Waals surface area contributed by atoms with Crippen LogP contribution in [0.4, 0.5) is 5.69 Å². The molecule has 0 aliphatic carbocycles. The topological polar surface area (TPSA) is 126 Å². The number of rotatable bonds is 8. The van der Waals surface area contributed by atoms with Gasteiger partial charge in [0.25, 0.3) is 5.56 Å². The fraction of sp³-hybridized carbons (Fsp3) is 0.120. The molecule has 0 unspecified atom stereocenters. The third-order valence-corrected chi connectivity index (χ3v) is 4.94. The molecule has 4 rings (SSSR count). The van der Waals surface area contributed by atoms with Crippen molar-refractivity contribution in [1.82, 2.24) is 9.66 Å². The quantitative estimate of drug-likeness (QED) is 0.165. The fourth-order valence-electron chi connectivity index (χ4n) is 3.35. The number of aromatic nitrogens is 2. The van der Waals surface area contributed by atoms with Crippen LogP contribution in [0.25, 0.3) is 22.3 Å². The van der Waals surface area contributed by atoms with E-state index < -0.39 is 17.5 Å². The van der Waals surface area contributed by atoms with Gasteiger partial charge in [-0.05, 0) is 31.2 Å². The maximum absolute atomic E-state index is 13.2. The molecular weight excluding hydrogens is 452 g/mol. The molecule has 3 aromatic carbocycles. The molecule has 0 bridgehead atoms. The number of esters is 1. The molecular formula is C25H20N4O6. The second-order valence-corrected chi connectivity index (χ2v) is 7.26. The summed E-state index contributed by atoms with van der Waals surface area (Å²) in [6.45, 7) is 1.36. The highest BCUT2D eigenvalue weighted by Crippen LogP contribution is 2.27. The minimum absolute atomic E-state index is 0.0882. The first-order valence-corrected chi connectivity index (χ1v) is 10.7. The van der Waals surface area contributed by atoms with Gasteiger partial charge < -0.3 is 9.47 Å². The predicted octanol–water partition coefficient (Wildman–Crippen LogP) is 3.80. The van der Waals surface area contributed by atoms with Crippen LogP contribution < -0.4 is 10.3 Å². The maximum Gasteiger partial charge on any atom is 0.344 e. The third kappa shape index (κ3) is 5.22. The average Bonchev–Trinajstić information content (AvgIpc) is 2.87. The fourth-order valence-corrected chi connectivity index (χ4v) is 3.35. The third-order valence-electron chi connectivity index (χ3n) is 4.94. The van der Waals surface area contributed by atoms with Crippen molar-refractivity contribution >= 4 is 28.8 Å². The summed E-state index contributed by atoms with van der Waals surface area (Å²) in [7, 11) is 0. The summed E-state index contributed by atoms with van der Waals surface area (Å²) in [6.07, 6.45) is 1.33. The van der Waals surface area contributed by atoms with E-state index in [-0.39, 0.29) is 23.6 Å². The zero-order chi connectivity index (χ0) is 24.8. The summed E-state index contributed by atoms with van der Waals surface area (Å²) in [5.41, 5.74) is 0.821. The monoisotopic (exact) mass is 472 g/mol. The highest BCUT2D eigenvalue weighted by Gasteiger charge is 2.18. The Hall–Kier alpha value is -4.86. The van der Waals surface area contributed by atoms with Crippen LogP contribution in [-0.2, 0) is 9.53 Å². The second kappa shape index (κ2) is 10.4. The summed E-state index contributed by atoms with van der Waals surface area (Å²) in [6, 6.07) is 20.2. The number of ether oxygens (including phenoxy) is 2. The number of carbonyl (C=O) groups excluding carboxylic acids is 1. The van der Waals surface area contributed by atoms with Crippen LogP contribution in [0, 0.1) is 10.1 Å². The zero-order valence-electron chi connectivity index (χ0n) is 18.7. The van der Waals surface area contributed by atoms with Crippen LogP contribution in [0.3, 0.4) is 0 Å². The molecule has 10 heteroatoms. The van der Waals surface area contributed by atoms with Gasteiger partial charge in [-0.15, -0.1) is 0 Å². The number of nitro groups is 1. The van der Waals surface area contributed by atoms with E-state index in [2.05, 4.69) is 10.1 Å². The zero-order valence-corrected chi connectivity index (χ0v) is 18.7. The molecule has 176 valence electrons. The number of hydrogen-bond donors (Lipinski definition) is 0. The number of benzene rings is 3. The smallest absolute Gasteiger partial charge is 0.344 e. The van der Waals surface area contributed by atoms with Crippen LogP contribution in [0.2, 0.25) is 0 Å². The summed E-state index contributed by atoms with van der Waals surface area (Å²) in [5, 5.41) is 16.3. The molecule has 0 spiro atoms. The molecule has 1 aromatic heterocycles. The summed E-state index contributed by atoms with van der Waals surface area (Å²) in [5.74, 6) is -0.395. The van der Waals surface area contributed by atoms with Crippen molar-refractivity contribution < 1.29 is 19.2 Å². The Bertz CT molecular complexity index is 1480. The van der Waals surface area contributed by atoms with Crippen LogP contribution in [-0.4, -0.2) is 40.0 Å². The Morgan fingerprint density at radius 2 is 1.86 bits per heavy atom. The van der Waals surface area contributed by atoms with Gasteiger partial charge in [0.1, 0.15) is 0 Å². The van der Waals surface area contributed by atoms with Gasteiger partial charge in [0.05, 0.1) is 28.6 Å². The Kier molecular flexibility index (Phi) is 6.91. The van der Waals surface area contributed by atoms with E-state index >= 15 is 0 Å². The number of fused-ring (bicyclic) bond motifs is 1. The van der Waals surface area contributed by atoms with Gasteiger partial charge in [0, 0.05) is 17.2 Å². The van der Waals surface area contributed by atoms with E-state index in [0.717, 1.165) is 4.68 Å². The van der Waals surface area contributed by atoms with E-state index in [0.29, 0.717) is 27.9 Å². The van der Waals surface area contributed by atoms with Crippen molar-refractivity contribution in [3.8, 4) is 17.1 Å². The van der Waals surface area contributed by atoms with E-state index in [1.165, 1.54) is 24.4 Å². The molecule has 0 N–H and O–H groups in total. The van der Waals surface area contributed by atoms with Crippen molar-refractivity contribution in [3.63, 3.8) is 0 Å². The summed E-state index contributed by atoms with van der Waals surface area (Å²) < 4.78 is 11.2. The van der Waals surface area contributed by atoms with Gasteiger partial charge in [-0.25, -0.2) is 9.78 Å². The number of nitro benzene ring substituents is 1. The SMILES string of the molecule is CCOC(=O)COc1ccc(C=Nn2c(-c3ccccc3)nc3ccccc3c2=O)cc1[N+](=O)[O-]. The van der Waals surface area contributed by atoms with E-state index in [1.807, 2.05) is 30.3 Å². The highest BCUT2D eigenvalue weighted by atomic mass is 16.6. The second-order valence-electron chi connectivity index (χ2n) is 7.26. The van der Waals surface area contributed by atoms with Gasteiger partial charge >= 0.3 is 11.7 Å². The van der Waals surface area contributed by atoms with Crippen LogP contribution in [0.15, 0.2) is 82.7 Å². The average molecular weight is 472 g/mol. The van der Waals surface area contributed by atoms with Crippen LogP contribution >= 0.6 is 0 Å². The van der Waals surface area contributed by atoms with Crippen molar-refractivity contribution in [2.45, 2.75) is 6.92 Å². The molecule has 0 saturated carbocycles. The van der Waals surface area contributed by atoms with Gasteiger partial charge in [0.2, 0.25) is 0 Å². The number of hydrogen-bond acceptors (Lipinski definition) is 8. The van der Waals surface area contributed by atoms with Crippen molar-refractivity contribution in [2.75, 3.05) is 13.2 Å². The maximum atomic E-state index is 13.2. The molecule has 0 amide bonds. The van der Waals surface area contributed by atoms with Gasteiger partial charge in [-0.3, -0.25) is 14.9 Å². The molecule has 0 aliphatic heterocycles. The van der Waals surface area contributed by atoms with Gasteiger partial charge in [0.15, 0.2) is 18.2 Å². The molecule has 10 nitrogen and oxygen atoms in total. The lowest BCUT2D eigenvalue weighted by Crippen LogP contribution is -2.20. The molecule has 0 saturated heterocycles. The summed E-state index contributed by atoms with van der Waals surface area (Å²) in [4.78, 5) is 40.3. The highest BCUT2D eigenvalue weighted by molar-refractivity contribution is 5.83. The number of para-hydroxylation sites is 1. The first-order valence-electron chi connectivity index (χ1n) is 10.7. The minimum Gasteiger partial charge on any atom is -0.475 e. The Balaban J connectivity index is 1.73. The molecule has 0 aliphatic rings. The van der Waals surface area contributed by atoms with Crippen LogP contribution in [0.5, 0.6) is 5.75 Å². The number of carbonyl (C=O) groups is 1. The minimum atomic E-state index is -0.635. The van der Waals surface area contributed by atoms with Crippen LogP contribution in [0.1, 0.15) is 12.5 Å². The Morgan fingerprint density at radius 1 is 1.11 bits per heavy atom. The van der Waals surface area contributed by atoms with E-state index in [4.69, 9.17) is 9.47 Å². The first kappa shape index (κ1) is 23.3. The lowest BCUT2D eigenvalue weighted by Gasteiger charge is -2.09. The standard InChI is InChI=1S/C25H20N4O6/c1-2-34-23(30)16-35-22-13-12-17(14-21(22)29(32)33)15-26-28-24(18-8-4-3-5-9-18)27-20-11-7-6-10-19(20)25(28)31/h3-15H,2,16H2,1H3. The predicted molar refractivity (Wildman–Crippen MR) is 130 cm³/mol. The number of nitrogens with zero attached hydrogens (tertiary/aromatic N) is 4. The normalized spacial score (nSPS) is 11.0. The Labute approximate surface area is 199 Å². The molecule has 4 aromatic rings. The lowest BCUT2D eigenvalue weighted by atomic mass is 10.2. The molecule has 0 radical (unpaired) electrons. The van der Waals surface area contributed by atoms with Crippen molar-refractivity contribution in [3.05, 3.63) is 98.8 Å². The lowest BCUT2D eigenvalue weighted by molar-refractivity contribution is -0.385. The molecule has 0 fully saturated rings. The molecule has 1 heterocycles. The Morgan fingerprint density at radius 3 is 2.60 bits per heavy atom. The largest absolute Gasteiger partial charge is 0.475 e. The molecule has 35 heavy (non-hydrogen) atoms. The van der Waals surface area contributed by atoms with Crippen molar-refractivity contribution in [2.24, 2.45) is 5.10 Å². The van der Waals surface area contributed by atoms with Gasteiger partial charge in [-0.2, -0.15) is 9.78 Å².